The maximum absolute atomic E-state index is 5.77. The van der Waals surface area contributed by atoms with Gasteiger partial charge >= 0.3 is 0 Å². The molecule has 0 unspecified atom stereocenters. The van der Waals surface area contributed by atoms with Gasteiger partial charge < -0.3 is 0 Å². The number of aliphatic imine (C=N–C) groups is 1. The van der Waals surface area contributed by atoms with E-state index in [-0.39, 0.29) is 0 Å². The van der Waals surface area contributed by atoms with Crippen LogP contribution in [0.5, 0.6) is 0 Å². The van der Waals surface area contributed by atoms with Crippen molar-refractivity contribution in [1.29, 1.82) is 0 Å². The van der Waals surface area contributed by atoms with E-state index < -0.39 is 0 Å². The predicted octanol–water partition coefficient (Wildman–Crippen LogP) is 3.60. The smallest absolute Gasteiger partial charge is 0.0743 e. The molecule has 0 aliphatic heterocycles. The van der Waals surface area contributed by atoms with Crippen molar-refractivity contribution in [3.63, 3.8) is 0 Å². The quantitative estimate of drug-likeness (QED) is 0.545. The van der Waals surface area contributed by atoms with Gasteiger partial charge in [0.15, 0.2) is 0 Å². The average Bonchev–Trinajstić information content (AvgIpc) is 2.07. The molecule has 0 saturated carbocycles. The largest absolute Gasteiger partial charge is 0.228 e. The molecule has 1 aromatic carbocycles. The maximum atomic E-state index is 5.77. The van der Waals surface area contributed by atoms with Crippen LogP contribution in [0.1, 0.15) is 5.56 Å². The van der Waals surface area contributed by atoms with Gasteiger partial charge in [0.2, 0.25) is 0 Å². The number of benzene rings is 1. The van der Waals surface area contributed by atoms with E-state index in [2.05, 4.69) is 22.4 Å². The summed E-state index contributed by atoms with van der Waals surface area (Å²) in [6, 6.07) is 5.35. The summed E-state index contributed by atoms with van der Waals surface area (Å²) in [7, 11) is 0. The fourth-order valence-electron chi connectivity index (χ4n) is 0.762. The van der Waals surface area contributed by atoms with Gasteiger partial charge in [-0.05, 0) is 29.9 Å². The second-order valence-electron chi connectivity index (χ2n) is 2.16. The Morgan fingerprint density at radius 1 is 1.33 bits per heavy atom. The molecule has 12 heavy (non-hydrogen) atoms. The molecule has 0 aliphatic rings. The normalized spacial score (nSPS) is 9.17. The Bertz CT molecular complexity index is 332. The first-order chi connectivity index (χ1) is 5.74. The van der Waals surface area contributed by atoms with Gasteiger partial charge in [0, 0.05) is 0 Å². The Labute approximate surface area is 86.0 Å². The third-order valence-electron chi connectivity index (χ3n) is 1.31. The molecular weight excluding hydrogens is 213 g/mol. The Kier molecular flexibility index (Phi) is 3.70. The molecule has 0 heterocycles. The molecule has 0 saturated heterocycles. The molecule has 0 spiro atoms. The number of hydrogen-bond acceptors (Lipinski definition) is 2. The molecule has 0 radical (unpaired) electrons. The van der Waals surface area contributed by atoms with Crippen LogP contribution in [0, 0.1) is 0 Å². The zero-order valence-corrected chi connectivity index (χ0v) is 8.38. The first kappa shape index (κ1) is 9.69. The van der Waals surface area contributed by atoms with E-state index >= 15 is 0 Å². The lowest BCUT2D eigenvalue weighted by Gasteiger charge is -1.97. The minimum Gasteiger partial charge on any atom is -0.228 e. The third kappa shape index (κ3) is 2.58. The summed E-state index contributed by atoms with van der Waals surface area (Å²) in [6.07, 6.45) is 0. The zero-order valence-electron chi connectivity index (χ0n) is 6.05. The van der Waals surface area contributed by atoms with E-state index in [1.807, 2.05) is 6.07 Å². The van der Waals surface area contributed by atoms with Crippen molar-refractivity contribution >= 4 is 40.6 Å². The van der Waals surface area contributed by atoms with E-state index in [0.29, 0.717) is 16.6 Å². The zero-order chi connectivity index (χ0) is 8.97. The van der Waals surface area contributed by atoms with Gasteiger partial charge in [-0.25, -0.2) is 4.99 Å². The van der Waals surface area contributed by atoms with Crippen LogP contribution in [0.3, 0.4) is 0 Å². The Morgan fingerprint density at radius 2 is 2.08 bits per heavy atom. The number of hydrogen-bond donors (Lipinski definition) is 0. The lowest BCUT2D eigenvalue weighted by Crippen LogP contribution is -1.80. The van der Waals surface area contributed by atoms with E-state index in [9.17, 15) is 0 Å². The molecule has 0 N–H and O–H groups in total. The molecule has 1 rings (SSSR count). The summed E-state index contributed by atoms with van der Waals surface area (Å²) in [4.78, 5) is 3.78. The van der Waals surface area contributed by atoms with Gasteiger partial charge in [0.25, 0.3) is 0 Å². The summed E-state index contributed by atoms with van der Waals surface area (Å²) in [6.45, 7) is 0.500. The van der Waals surface area contributed by atoms with Crippen LogP contribution in [-0.4, -0.2) is 5.16 Å². The molecule has 62 valence electrons. The van der Waals surface area contributed by atoms with Crippen molar-refractivity contribution in [1.82, 2.24) is 0 Å². The summed E-state index contributed by atoms with van der Waals surface area (Å²) in [5, 5.41) is 3.37. The van der Waals surface area contributed by atoms with Crippen LogP contribution in [0.25, 0.3) is 0 Å². The fourth-order valence-corrected chi connectivity index (χ4v) is 1.15. The summed E-state index contributed by atoms with van der Waals surface area (Å²) in [5.74, 6) is 0. The lowest BCUT2D eigenvalue weighted by atomic mass is 10.2. The number of thiocarbonyl (C=S) groups is 1. The topological polar surface area (TPSA) is 12.4 Å². The van der Waals surface area contributed by atoms with Crippen LogP contribution in [0.4, 0.5) is 0 Å². The molecule has 0 aromatic heterocycles. The first-order valence-electron chi connectivity index (χ1n) is 3.21. The standard InChI is InChI=1S/C8H5Cl2NS/c9-7-2-1-6(3-8(7)10)4-11-5-12/h1-3H,4H2. The lowest BCUT2D eigenvalue weighted by molar-refractivity contribution is 1.08. The van der Waals surface area contributed by atoms with Crippen molar-refractivity contribution in [2.45, 2.75) is 6.54 Å². The van der Waals surface area contributed by atoms with Crippen LogP contribution in [-0.2, 0) is 6.54 Å². The maximum Gasteiger partial charge on any atom is 0.0743 e. The molecular formula is C8H5Cl2NS. The second-order valence-corrected chi connectivity index (χ2v) is 3.15. The van der Waals surface area contributed by atoms with Crippen molar-refractivity contribution in [2.75, 3.05) is 0 Å². The summed E-state index contributed by atoms with van der Waals surface area (Å²) < 4.78 is 0. The average molecular weight is 218 g/mol. The van der Waals surface area contributed by atoms with E-state index in [4.69, 9.17) is 23.2 Å². The number of nitrogens with zero attached hydrogens (tertiary/aromatic N) is 1. The Balaban J connectivity index is 2.89. The first-order valence-corrected chi connectivity index (χ1v) is 4.38. The highest BCUT2D eigenvalue weighted by Crippen LogP contribution is 2.22. The van der Waals surface area contributed by atoms with Gasteiger partial charge in [-0.3, -0.25) is 0 Å². The molecule has 0 aliphatic carbocycles. The highest BCUT2D eigenvalue weighted by Gasteiger charge is 1.97. The monoisotopic (exact) mass is 217 g/mol. The van der Waals surface area contributed by atoms with Crippen molar-refractivity contribution in [2.24, 2.45) is 4.99 Å². The van der Waals surface area contributed by atoms with Crippen molar-refractivity contribution < 1.29 is 0 Å². The van der Waals surface area contributed by atoms with Crippen molar-refractivity contribution in [3.05, 3.63) is 33.8 Å². The minimum atomic E-state index is 0.500. The molecule has 0 amide bonds. The molecule has 0 atom stereocenters. The van der Waals surface area contributed by atoms with Gasteiger partial charge in [-0.15, -0.1) is 0 Å². The van der Waals surface area contributed by atoms with E-state index in [1.54, 1.807) is 12.1 Å². The SMILES string of the molecule is S=C=NCc1ccc(Cl)c(Cl)c1. The number of isothiocyanates is 1. The Morgan fingerprint density at radius 3 is 2.67 bits per heavy atom. The van der Waals surface area contributed by atoms with Gasteiger partial charge in [-0.2, -0.15) is 0 Å². The second kappa shape index (κ2) is 4.58. The number of halogens is 2. The Hall–Kier alpha value is -0.400. The molecule has 4 heteroatoms. The van der Waals surface area contributed by atoms with Gasteiger partial charge in [-0.1, -0.05) is 29.3 Å². The molecule has 1 aromatic rings. The molecule has 1 nitrogen and oxygen atoms in total. The fraction of sp³-hybridized carbons (Fsp3) is 0.125. The van der Waals surface area contributed by atoms with Crippen LogP contribution in [0.15, 0.2) is 23.2 Å². The highest BCUT2D eigenvalue weighted by atomic mass is 35.5. The highest BCUT2D eigenvalue weighted by molar-refractivity contribution is 7.78. The minimum absolute atomic E-state index is 0.500. The third-order valence-corrected chi connectivity index (χ3v) is 2.18. The molecule has 0 fully saturated rings. The van der Waals surface area contributed by atoms with Gasteiger partial charge in [0.05, 0.1) is 21.8 Å². The summed E-state index contributed by atoms with van der Waals surface area (Å²) in [5.41, 5.74) is 0.974. The van der Waals surface area contributed by atoms with Crippen LogP contribution in [0.2, 0.25) is 10.0 Å². The predicted molar refractivity (Wildman–Crippen MR) is 55.2 cm³/mol. The van der Waals surface area contributed by atoms with Crippen molar-refractivity contribution in [3.8, 4) is 0 Å². The van der Waals surface area contributed by atoms with Crippen LogP contribution >= 0.6 is 35.4 Å². The summed E-state index contributed by atoms with van der Waals surface area (Å²) >= 11 is 15.9. The van der Waals surface area contributed by atoms with E-state index in [0.717, 1.165) is 5.56 Å². The molecule has 0 bridgehead atoms. The van der Waals surface area contributed by atoms with Gasteiger partial charge in [0.1, 0.15) is 0 Å². The van der Waals surface area contributed by atoms with E-state index in [1.165, 1.54) is 0 Å². The number of rotatable bonds is 2. The van der Waals surface area contributed by atoms with Crippen LogP contribution < -0.4 is 0 Å².